The van der Waals surface area contributed by atoms with Crippen LogP contribution in [0.1, 0.15) is 36.7 Å². The zero-order valence-corrected chi connectivity index (χ0v) is 11.6. The number of amides is 1. The maximum atomic E-state index is 12.5. The quantitative estimate of drug-likeness (QED) is 0.880. The Labute approximate surface area is 118 Å². The Morgan fingerprint density at radius 3 is 3.05 bits per heavy atom. The van der Waals surface area contributed by atoms with Crippen molar-refractivity contribution in [3.8, 4) is 11.5 Å². The van der Waals surface area contributed by atoms with E-state index in [1.807, 2.05) is 17.0 Å². The number of rotatable bonds is 6. The number of hydrogen-bond acceptors (Lipinski definition) is 3. The van der Waals surface area contributed by atoms with Crippen LogP contribution in [0.25, 0.3) is 11.5 Å². The van der Waals surface area contributed by atoms with Crippen LogP contribution in [0.5, 0.6) is 0 Å². The van der Waals surface area contributed by atoms with E-state index < -0.39 is 0 Å². The van der Waals surface area contributed by atoms with Crippen molar-refractivity contribution in [1.82, 2.24) is 15.1 Å². The first-order valence-electron chi connectivity index (χ1n) is 7.16. The lowest BCUT2D eigenvalue weighted by molar-refractivity contribution is 0.0742. The molecular weight excluding hydrogens is 254 g/mol. The van der Waals surface area contributed by atoms with Crippen LogP contribution in [0, 0.1) is 5.92 Å². The summed E-state index contributed by atoms with van der Waals surface area (Å²) < 4.78 is 5.30. The first-order chi connectivity index (χ1) is 9.78. The second kappa shape index (κ2) is 5.53. The van der Waals surface area contributed by atoms with Gasteiger partial charge in [0.05, 0.1) is 6.26 Å². The minimum atomic E-state index is 0.00723. The highest BCUT2D eigenvalue weighted by atomic mass is 16.3. The van der Waals surface area contributed by atoms with E-state index in [-0.39, 0.29) is 5.91 Å². The molecule has 0 saturated heterocycles. The van der Waals surface area contributed by atoms with Crippen molar-refractivity contribution in [3.05, 3.63) is 30.2 Å². The van der Waals surface area contributed by atoms with Crippen LogP contribution in [0.2, 0.25) is 0 Å². The molecule has 5 nitrogen and oxygen atoms in total. The summed E-state index contributed by atoms with van der Waals surface area (Å²) in [6.07, 6.45) is 5.06. The molecule has 1 N–H and O–H groups in total. The van der Waals surface area contributed by atoms with Gasteiger partial charge in [-0.05, 0) is 37.3 Å². The minimum absolute atomic E-state index is 0.00723. The van der Waals surface area contributed by atoms with Gasteiger partial charge in [-0.1, -0.05) is 6.92 Å². The highest BCUT2D eigenvalue weighted by molar-refractivity contribution is 5.93. The van der Waals surface area contributed by atoms with Crippen LogP contribution in [0.3, 0.4) is 0 Å². The molecule has 5 heteroatoms. The molecule has 20 heavy (non-hydrogen) atoms. The molecule has 0 aromatic carbocycles. The summed E-state index contributed by atoms with van der Waals surface area (Å²) in [5.74, 6) is 1.39. The Hall–Kier alpha value is -2.04. The van der Waals surface area contributed by atoms with Crippen molar-refractivity contribution in [2.75, 3.05) is 13.1 Å². The number of H-pyrrole nitrogens is 1. The van der Waals surface area contributed by atoms with E-state index >= 15 is 0 Å². The number of aromatic amines is 1. The number of furan rings is 1. The van der Waals surface area contributed by atoms with Crippen molar-refractivity contribution >= 4 is 5.91 Å². The first-order valence-corrected chi connectivity index (χ1v) is 7.16. The standard InChI is InChI=1S/C15H19N3O2/c1-2-7-18(10-11-5-6-11)15(19)13-9-12(16-17-13)14-4-3-8-20-14/h3-4,8-9,11H,2,5-7,10H2,1H3,(H,16,17). The van der Waals surface area contributed by atoms with Crippen LogP contribution in [0.4, 0.5) is 0 Å². The second-order valence-electron chi connectivity index (χ2n) is 5.34. The van der Waals surface area contributed by atoms with Gasteiger partial charge in [0.25, 0.3) is 5.91 Å². The van der Waals surface area contributed by atoms with Gasteiger partial charge in [-0.3, -0.25) is 9.89 Å². The molecule has 1 amide bonds. The highest BCUT2D eigenvalue weighted by Gasteiger charge is 2.27. The van der Waals surface area contributed by atoms with Gasteiger partial charge in [-0.15, -0.1) is 0 Å². The van der Waals surface area contributed by atoms with Crippen molar-refractivity contribution in [1.29, 1.82) is 0 Å². The van der Waals surface area contributed by atoms with Crippen molar-refractivity contribution in [2.45, 2.75) is 26.2 Å². The van der Waals surface area contributed by atoms with Crippen LogP contribution in [0.15, 0.2) is 28.9 Å². The van der Waals surface area contributed by atoms with E-state index in [1.165, 1.54) is 12.8 Å². The Bertz CT molecular complexity index is 570. The average molecular weight is 273 g/mol. The SMILES string of the molecule is CCCN(CC1CC1)C(=O)c1cc(-c2ccco2)[nH]n1. The average Bonchev–Trinajstić information content (AvgIpc) is 2.97. The molecule has 2 aromatic rings. The number of carbonyl (C=O) groups excluding carboxylic acids is 1. The summed E-state index contributed by atoms with van der Waals surface area (Å²) >= 11 is 0. The predicted octanol–water partition coefficient (Wildman–Crippen LogP) is 2.93. The lowest BCUT2D eigenvalue weighted by Crippen LogP contribution is -2.33. The Balaban J connectivity index is 1.74. The number of carbonyl (C=O) groups is 1. The molecule has 3 rings (SSSR count). The van der Waals surface area contributed by atoms with E-state index in [2.05, 4.69) is 17.1 Å². The molecule has 1 fully saturated rings. The fraction of sp³-hybridized carbons (Fsp3) is 0.467. The third-order valence-corrected chi connectivity index (χ3v) is 3.54. The third kappa shape index (κ3) is 2.76. The Morgan fingerprint density at radius 2 is 2.40 bits per heavy atom. The molecule has 0 unspecified atom stereocenters. The largest absolute Gasteiger partial charge is 0.463 e. The lowest BCUT2D eigenvalue weighted by Gasteiger charge is -2.20. The normalized spacial score (nSPS) is 14.4. The Morgan fingerprint density at radius 1 is 1.55 bits per heavy atom. The third-order valence-electron chi connectivity index (χ3n) is 3.54. The fourth-order valence-electron chi connectivity index (χ4n) is 2.31. The Kier molecular flexibility index (Phi) is 3.58. The van der Waals surface area contributed by atoms with Gasteiger partial charge in [0.15, 0.2) is 11.5 Å². The van der Waals surface area contributed by atoms with E-state index in [9.17, 15) is 4.79 Å². The molecule has 0 radical (unpaired) electrons. The van der Waals surface area contributed by atoms with Crippen LogP contribution >= 0.6 is 0 Å². The molecule has 106 valence electrons. The molecule has 2 heterocycles. The number of nitrogens with one attached hydrogen (secondary N) is 1. The minimum Gasteiger partial charge on any atom is -0.463 e. The monoisotopic (exact) mass is 273 g/mol. The second-order valence-corrected chi connectivity index (χ2v) is 5.34. The van der Waals surface area contributed by atoms with Gasteiger partial charge in [0.2, 0.25) is 0 Å². The number of aromatic nitrogens is 2. The van der Waals surface area contributed by atoms with E-state index in [0.717, 1.165) is 25.2 Å². The van der Waals surface area contributed by atoms with Gasteiger partial charge in [0, 0.05) is 19.2 Å². The van der Waals surface area contributed by atoms with Gasteiger partial charge < -0.3 is 9.32 Å². The predicted molar refractivity (Wildman–Crippen MR) is 75.2 cm³/mol. The maximum Gasteiger partial charge on any atom is 0.274 e. The summed E-state index contributed by atoms with van der Waals surface area (Å²) in [4.78, 5) is 14.4. The van der Waals surface area contributed by atoms with Crippen LogP contribution in [-0.2, 0) is 0 Å². The number of hydrogen-bond donors (Lipinski definition) is 1. The van der Waals surface area contributed by atoms with Gasteiger partial charge in [-0.25, -0.2) is 0 Å². The summed E-state index contributed by atoms with van der Waals surface area (Å²) in [6, 6.07) is 5.42. The summed E-state index contributed by atoms with van der Waals surface area (Å²) in [5, 5.41) is 6.99. The zero-order valence-electron chi connectivity index (χ0n) is 11.6. The van der Waals surface area contributed by atoms with Crippen LogP contribution < -0.4 is 0 Å². The van der Waals surface area contributed by atoms with Crippen molar-refractivity contribution in [3.63, 3.8) is 0 Å². The van der Waals surface area contributed by atoms with E-state index in [1.54, 1.807) is 12.3 Å². The summed E-state index contributed by atoms with van der Waals surface area (Å²) in [7, 11) is 0. The highest BCUT2D eigenvalue weighted by Crippen LogP contribution is 2.30. The zero-order chi connectivity index (χ0) is 13.9. The number of nitrogens with zero attached hydrogens (tertiary/aromatic N) is 2. The molecule has 1 saturated carbocycles. The lowest BCUT2D eigenvalue weighted by atomic mass is 10.2. The van der Waals surface area contributed by atoms with E-state index in [4.69, 9.17) is 4.42 Å². The van der Waals surface area contributed by atoms with E-state index in [0.29, 0.717) is 17.4 Å². The molecule has 1 aliphatic carbocycles. The maximum absolute atomic E-state index is 12.5. The fourth-order valence-corrected chi connectivity index (χ4v) is 2.31. The van der Waals surface area contributed by atoms with Gasteiger partial charge in [0.1, 0.15) is 5.69 Å². The summed E-state index contributed by atoms with van der Waals surface area (Å²) in [5.41, 5.74) is 1.20. The van der Waals surface area contributed by atoms with Gasteiger partial charge >= 0.3 is 0 Å². The summed E-state index contributed by atoms with van der Waals surface area (Å²) in [6.45, 7) is 3.74. The first kappa shape index (κ1) is 13.0. The van der Waals surface area contributed by atoms with Crippen LogP contribution in [-0.4, -0.2) is 34.1 Å². The van der Waals surface area contributed by atoms with Crippen molar-refractivity contribution < 1.29 is 9.21 Å². The molecule has 0 aliphatic heterocycles. The van der Waals surface area contributed by atoms with Gasteiger partial charge in [-0.2, -0.15) is 5.10 Å². The molecule has 1 aliphatic rings. The van der Waals surface area contributed by atoms with Crippen molar-refractivity contribution in [2.24, 2.45) is 5.92 Å². The smallest absolute Gasteiger partial charge is 0.274 e. The molecule has 2 aromatic heterocycles. The molecule has 0 spiro atoms. The molecule has 0 bridgehead atoms. The molecule has 0 atom stereocenters. The topological polar surface area (TPSA) is 62.1 Å². The molecular formula is C15H19N3O2.